The van der Waals surface area contributed by atoms with E-state index in [-0.39, 0.29) is 5.69 Å². The first-order valence-corrected chi connectivity index (χ1v) is 6.68. The van der Waals surface area contributed by atoms with Gasteiger partial charge in [0, 0.05) is 11.4 Å². The zero-order valence-electron chi connectivity index (χ0n) is 9.38. The third-order valence-corrected chi connectivity index (χ3v) is 3.57. The zero-order chi connectivity index (χ0) is 13.1. The van der Waals surface area contributed by atoms with Gasteiger partial charge in [0.05, 0.1) is 26.6 Å². The number of aryl methyl sites for hydroxylation is 1. The molecule has 2 rings (SSSR count). The predicted molar refractivity (Wildman–Crippen MR) is 72.8 cm³/mol. The van der Waals surface area contributed by atoms with Crippen LogP contribution in [0.25, 0.3) is 0 Å². The third-order valence-electron chi connectivity index (χ3n) is 2.14. The molecule has 0 aliphatic heterocycles. The van der Waals surface area contributed by atoms with Crippen LogP contribution in [0.3, 0.4) is 0 Å². The number of halogens is 1. The first-order chi connectivity index (χ1) is 8.56. The maximum absolute atomic E-state index is 10.6. The van der Waals surface area contributed by atoms with Gasteiger partial charge in [-0.1, -0.05) is 0 Å². The van der Waals surface area contributed by atoms with E-state index in [9.17, 15) is 10.1 Å². The van der Waals surface area contributed by atoms with E-state index in [0.29, 0.717) is 16.8 Å². The van der Waals surface area contributed by atoms with Gasteiger partial charge in [0.25, 0.3) is 5.69 Å². The fraction of sp³-hybridized carbons (Fsp3) is 0.200. The Morgan fingerprint density at radius 3 is 2.94 bits per heavy atom. The van der Waals surface area contributed by atoms with Crippen LogP contribution in [0.1, 0.15) is 10.7 Å². The molecule has 0 bridgehead atoms. The molecule has 0 saturated carbocycles. The van der Waals surface area contributed by atoms with Crippen molar-refractivity contribution in [2.75, 3.05) is 5.32 Å². The summed E-state index contributed by atoms with van der Waals surface area (Å²) in [6, 6.07) is 1.42. The number of hydrogen-bond acceptors (Lipinski definition) is 6. The van der Waals surface area contributed by atoms with Crippen LogP contribution in [0.2, 0.25) is 0 Å². The molecule has 0 radical (unpaired) electrons. The fourth-order valence-corrected chi connectivity index (χ4v) is 2.41. The normalized spacial score (nSPS) is 10.3. The quantitative estimate of drug-likeness (QED) is 0.688. The number of hydrogen-bond donors (Lipinski definition) is 1. The highest BCUT2D eigenvalue weighted by Gasteiger charge is 2.10. The highest BCUT2D eigenvalue weighted by atomic mass is 79.9. The topological polar surface area (TPSA) is 81.0 Å². The SMILES string of the molecule is Cc1nc(CNc2ncc([N+](=O)[O-])cc2Br)cs1. The molecule has 0 aliphatic rings. The number of anilines is 1. The van der Waals surface area contributed by atoms with Gasteiger partial charge < -0.3 is 5.32 Å². The lowest BCUT2D eigenvalue weighted by molar-refractivity contribution is -0.385. The molecule has 1 N–H and O–H groups in total. The minimum atomic E-state index is -0.481. The summed E-state index contributed by atoms with van der Waals surface area (Å²) in [6.45, 7) is 2.47. The van der Waals surface area contributed by atoms with Crippen molar-refractivity contribution in [3.05, 3.63) is 42.9 Å². The van der Waals surface area contributed by atoms with Crippen molar-refractivity contribution >= 4 is 38.8 Å². The lowest BCUT2D eigenvalue weighted by Gasteiger charge is -2.05. The Balaban J connectivity index is 2.08. The van der Waals surface area contributed by atoms with E-state index in [2.05, 4.69) is 31.2 Å². The van der Waals surface area contributed by atoms with Gasteiger partial charge in [-0.15, -0.1) is 11.3 Å². The fourth-order valence-electron chi connectivity index (χ4n) is 1.32. The average Bonchev–Trinajstić information content (AvgIpc) is 2.73. The van der Waals surface area contributed by atoms with Crippen LogP contribution in [0.15, 0.2) is 22.1 Å². The molecule has 2 aromatic heterocycles. The third kappa shape index (κ3) is 3.02. The average molecular weight is 329 g/mol. The van der Waals surface area contributed by atoms with E-state index in [1.807, 2.05) is 12.3 Å². The molecule has 0 aromatic carbocycles. The van der Waals surface area contributed by atoms with Crippen molar-refractivity contribution in [2.45, 2.75) is 13.5 Å². The van der Waals surface area contributed by atoms with Crippen molar-refractivity contribution in [1.82, 2.24) is 9.97 Å². The van der Waals surface area contributed by atoms with E-state index < -0.39 is 4.92 Å². The molecule has 0 amide bonds. The molecule has 6 nitrogen and oxygen atoms in total. The minimum absolute atomic E-state index is 0.0445. The summed E-state index contributed by atoms with van der Waals surface area (Å²) in [6.07, 6.45) is 1.22. The highest BCUT2D eigenvalue weighted by Crippen LogP contribution is 2.24. The summed E-state index contributed by atoms with van der Waals surface area (Å²) in [4.78, 5) is 18.4. The van der Waals surface area contributed by atoms with Crippen LogP contribution in [-0.4, -0.2) is 14.9 Å². The maximum Gasteiger partial charge on any atom is 0.288 e. The van der Waals surface area contributed by atoms with Gasteiger partial charge in [-0.25, -0.2) is 9.97 Å². The summed E-state index contributed by atoms with van der Waals surface area (Å²) >= 11 is 4.82. The Morgan fingerprint density at radius 1 is 1.61 bits per heavy atom. The molecule has 8 heteroatoms. The van der Waals surface area contributed by atoms with Gasteiger partial charge in [0.15, 0.2) is 0 Å². The van der Waals surface area contributed by atoms with Gasteiger partial charge >= 0.3 is 0 Å². The molecule has 2 heterocycles. The van der Waals surface area contributed by atoms with Crippen molar-refractivity contribution in [3.8, 4) is 0 Å². The number of nitrogens with one attached hydrogen (secondary N) is 1. The second kappa shape index (κ2) is 5.40. The lowest BCUT2D eigenvalue weighted by Crippen LogP contribution is -2.03. The van der Waals surface area contributed by atoms with Crippen molar-refractivity contribution < 1.29 is 4.92 Å². The number of pyridine rings is 1. The lowest BCUT2D eigenvalue weighted by atomic mass is 10.4. The Morgan fingerprint density at radius 2 is 2.39 bits per heavy atom. The molecule has 2 aromatic rings. The monoisotopic (exact) mass is 328 g/mol. The molecule has 0 fully saturated rings. The number of rotatable bonds is 4. The second-order valence-corrected chi connectivity index (χ2v) is 5.41. The summed E-state index contributed by atoms with van der Waals surface area (Å²) in [5.41, 5.74) is 0.876. The molecule has 0 spiro atoms. The summed E-state index contributed by atoms with van der Waals surface area (Å²) in [5, 5.41) is 16.6. The Labute approximate surface area is 115 Å². The Kier molecular flexibility index (Phi) is 3.87. The summed E-state index contributed by atoms with van der Waals surface area (Å²) in [5.74, 6) is 0.561. The van der Waals surface area contributed by atoms with Crippen molar-refractivity contribution in [3.63, 3.8) is 0 Å². The largest absolute Gasteiger partial charge is 0.363 e. The van der Waals surface area contributed by atoms with Gasteiger partial charge in [-0.3, -0.25) is 10.1 Å². The number of aromatic nitrogens is 2. The molecule has 94 valence electrons. The van der Waals surface area contributed by atoms with Crippen LogP contribution in [0, 0.1) is 17.0 Å². The summed E-state index contributed by atoms with van der Waals surface area (Å²) < 4.78 is 0.559. The standard InChI is InChI=1S/C10H9BrN4O2S/c1-6-14-7(5-18-6)3-12-10-9(11)2-8(4-13-10)15(16)17/h2,4-5H,3H2,1H3,(H,12,13). The minimum Gasteiger partial charge on any atom is -0.363 e. The molecular weight excluding hydrogens is 320 g/mol. The van der Waals surface area contributed by atoms with Crippen LogP contribution in [0.5, 0.6) is 0 Å². The molecule has 0 unspecified atom stereocenters. The second-order valence-electron chi connectivity index (χ2n) is 3.49. The number of nitrogens with zero attached hydrogens (tertiary/aromatic N) is 3. The first kappa shape index (κ1) is 12.9. The van der Waals surface area contributed by atoms with Crippen LogP contribution < -0.4 is 5.32 Å². The van der Waals surface area contributed by atoms with Crippen molar-refractivity contribution in [1.29, 1.82) is 0 Å². The van der Waals surface area contributed by atoms with E-state index in [0.717, 1.165) is 10.7 Å². The molecular formula is C10H9BrN4O2S. The molecule has 18 heavy (non-hydrogen) atoms. The Bertz CT molecular complexity index is 587. The van der Waals surface area contributed by atoms with Crippen molar-refractivity contribution in [2.24, 2.45) is 0 Å². The summed E-state index contributed by atoms with van der Waals surface area (Å²) in [7, 11) is 0. The van der Waals surface area contributed by atoms with Crippen LogP contribution in [0.4, 0.5) is 11.5 Å². The van der Waals surface area contributed by atoms with Gasteiger partial charge in [-0.2, -0.15) is 0 Å². The van der Waals surface area contributed by atoms with Crippen LogP contribution in [-0.2, 0) is 6.54 Å². The molecule has 0 aliphatic carbocycles. The van der Waals surface area contributed by atoms with Crippen LogP contribution >= 0.6 is 27.3 Å². The predicted octanol–water partition coefficient (Wildman–Crippen LogP) is 3.13. The van der Waals surface area contributed by atoms with E-state index in [4.69, 9.17) is 0 Å². The highest BCUT2D eigenvalue weighted by molar-refractivity contribution is 9.10. The number of nitro groups is 1. The Hall–Kier alpha value is -1.54. The smallest absolute Gasteiger partial charge is 0.288 e. The van der Waals surface area contributed by atoms with E-state index in [1.165, 1.54) is 12.3 Å². The zero-order valence-corrected chi connectivity index (χ0v) is 11.8. The molecule has 0 saturated heterocycles. The number of thiazole rings is 1. The maximum atomic E-state index is 10.6. The van der Waals surface area contributed by atoms with E-state index in [1.54, 1.807) is 11.3 Å². The van der Waals surface area contributed by atoms with Gasteiger partial charge in [-0.05, 0) is 22.9 Å². The van der Waals surface area contributed by atoms with Gasteiger partial charge in [0.1, 0.15) is 12.0 Å². The molecule has 0 atom stereocenters. The van der Waals surface area contributed by atoms with E-state index >= 15 is 0 Å². The van der Waals surface area contributed by atoms with Gasteiger partial charge in [0.2, 0.25) is 0 Å². The first-order valence-electron chi connectivity index (χ1n) is 5.01.